The highest BCUT2D eigenvalue weighted by Crippen LogP contribution is 2.31. The Morgan fingerprint density at radius 1 is 0.960 bits per heavy atom. The van der Waals surface area contributed by atoms with Crippen molar-refractivity contribution in [2.75, 3.05) is 6.61 Å². The van der Waals surface area contributed by atoms with Gasteiger partial charge in [-0.25, -0.2) is 4.79 Å². The number of hydrogen-bond donors (Lipinski definition) is 0. The van der Waals surface area contributed by atoms with Gasteiger partial charge in [0.1, 0.15) is 17.1 Å². The molecule has 0 atom stereocenters. The number of carbonyl (C=O) groups excluding carboxylic acids is 1. The molecule has 25 heavy (non-hydrogen) atoms. The Balaban J connectivity index is 2.31. The SMILES string of the molecule is CC(C)COc1ccc(Br)cc1C(=O)Oc1ccc(Br)cc1C(C)C. The van der Waals surface area contributed by atoms with E-state index in [-0.39, 0.29) is 5.92 Å². The van der Waals surface area contributed by atoms with E-state index >= 15 is 0 Å². The van der Waals surface area contributed by atoms with E-state index in [1.54, 1.807) is 12.1 Å². The molecule has 3 nitrogen and oxygen atoms in total. The van der Waals surface area contributed by atoms with Gasteiger partial charge >= 0.3 is 5.97 Å². The van der Waals surface area contributed by atoms with E-state index in [2.05, 4.69) is 59.6 Å². The van der Waals surface area contributed by atoms with E-state index in [9.17, 15) is 4.79 Å². The fourth-order valence-corrected chi connectivity index (χ4v) is 3.00. The van der Waals surface area contributed by atoms with Crippen molar-refractivity contribution in [2.45, 2.75) is 33.6 Å². The summed E-state index contributed by atoms with van der Waals surface area (Å²) in [6.07, 6.45) is 0. The largest absolute Gasteiger partial charge is 0.492 e. The first-order chi connectivity index (χ1) is 11.8. The van der Waals surface area contributed by atoms with E-state index in [1.807, 2.05) is 24.3 Å². The lowest BCUT2D eigenvalue weighted by Gasteiger charge is -2.16. The molecule has 0 N–H and O–H groups in total. The standard InChI is InChI=1S/C20H22Br2O3/c1-12(2)11-24-18-7-5-15(22)10-17(18)20(23)25-19-8-6-14(21)9-16(19)13(3)4/h5-10,12-13H,11H2,1-4H3. The summed E-state index contributed by atoms with van der Waals surface area (Å²) in [6.45, 7) is 8.80. The first-order valence-electron chi connectivity index (χ1n) is 8.22. The molecule has 134 valence electrons. The Hall–Kier alpha value is -1.33. The lowest BCUT2D eigenvalue weighted by molar-refractivity contribution is 0.0727. The zero-order chi connectivity index (χ0) is 18.6. The molecule has 0 unspecified atom stereocenters. The van der Waals surface area contributed by atoms with Crippen molar-refractivity contribution in [1.82, 2.24) is 0 Å². The zero-order valence-corrected chi connectivity index (χ0v) is 18.0. The third-order valence-corrected chi connectivity index (χ3v) is 4.52. The van der Waals surface area contributed by atoms with Crippen molar-refractivity contribution in [2.24, 2.45) is 5.92 Å². The number of halogens is 2. The van der Waals surface area contributed by atoms with E-state index in [1.165, 1.54) is 0 Å². The van der Waals surface area contributed by atoms with E-state index in [4.69, 9.17) is 9.47 Å². The zero-order valence-electron chi connectivity index (χ0n) is 14.8. The summed E-state index contributed by atoms with van der Waals surface area (Å²) in [4.78, 5) is 12.8. The number of carbonyl (C=O) groups is 1. The number of esters is 1. The molecule has 0 aliphatic heterocycles. The summed E-state index contributed by atoms with van der Waals surface area (Å²) < 4.78 is 13.2. The summed E-state index contributed by atoms with van der Waals surface area (Å²) in [7, 11) is 0. The number of ether oxygens (including phenoxy) is 2. The van der Waals surface area contributed by atoms with Crippen LogP contribution in [0.25, 0.3) is 0 Å². The summed E-state index contributed by atoms with van der Waals surface area (Å²) >= 11 is 6.87. The normalized spacial score (nSPS) is 11.0. The molecule has 0 radical (unpaired) electrons. The predicted octanol–water partition coefficient (Wildman–Crippen LogP) is 6.59. The second-order valence-electron chi connectivity index (χ2n) is 6.57. The summed E-state index contributed by atoms with van der Waals surface area (Å²) in [5.41, 5.74) is 1.38. The first kappa shape index (κ1) is 20.0. The average molecular weight is 470 g/mol. The van der Waals surface area contributed by atoms with Crippen molar-refractivity contribution < 1.29 is 14.3 Å². The lowest BCUT2D eigenvalue weighted by Crippen LogP contribution is -2.14. The van der Waals surface area contributed by atoms with Gasteiger partial charge in [0.25, 0.3) is 0 Å². The predicted molar refractivity (Wildman–Crippen MR) is 108 cm³/mol. The maximum absolute atomic E-state index is 12.8. The van der Waals surface area contributed by atoms with Crippen molar-refractivity contribution in [1.29, 1.82) is 0 Å². The minimum absolute atomic E-state index is 0.236. The Kier molecular flexibility index (Phi) is 7.08. The van der Waals surface area contributed by atoms with Crippen LogP contribution in [0.15, 0.2) is 45.3 Å². The molecule has 0 amide bonds. The molecule has 0 saturated carbocycles. The topological polar surface area (TPSA) is 35.5 Å². The smallest absolute Gasteiger partial charge is 0.347 e. The maximum Gasteiger partial charge on any atom is 0.347 e. The van der Waals surface area contributed by atoms with Gasteiger partial charge in [0.2, 0.25) is 0 Å². The third-order valence-electron chi connectivity index (χ3n) is 3.53. The molecule has 2 rings (SSSR count). The summed E-state index contributed by atoms with van der Waals surface area (Å²) in [6, 6.07) is 11.0. The first-order valence-corrected chi connectivity index (χ1v) is 9.80. The number of benzene rings is 2. The average Bonchev–Trinajstić information content (AvgIpc) is 2.54. The van der Waals surface area contributed by atoms with Gasteiger partial charge in [0, 0.05) is 8.95 Å². The van der Waals surface area contributed by atoms with Crippen LogP contribution in [0.5, 0.6) is 11.5 Å². The van der Waals surface area contributed by atoms with Crippen LogP contribution < -0.4 is 9.47 Å². The van der Waals surface area contributed by atoms with Crippen LogP contribution in [0.1, 0.15) is 49.5 Å². The van der Waals surface area contributed by atoms with Gasteiger partial charge in [-0.15, -0.1) is 0 Å². The fourth-order valence-electron chi connectivity index (χ4n) is 2.26. The molecule has 0 fully saturated rings. The van der Waals surface area contributed by atoms with Crippen LogP contribution >= 0.6 is 31.9 Å². The van der Waals surface area contributed by atoms with Crippen LogP contribution in [-0.2, 0) is 0 Å². The molecule has 0 aliphatic rings. The van der Waals surface area contributed by atoms with Gasteiger partial charge in [-0.1, -0.05) is 59.6 Å². The van der Waals surface area contributed by atoms with Crippen LogP contribution in [0.4, 0.5) is 0 Å². The molecule has 0 bridgehead atoms. The van der Waals surface area contributed by atoms with E-state index in [0.29, 0.717) is 29.6 Å². The third kappa shape index (κ3) is 5.58. The summed E-state index contributed by atoms with van der Waals surface area (Å²) in [5.74, 6) is 1.28. The molecule has 5 heteroatoms. The quantitative estimate of drug-likeness (QED) is 0.353. The van der Waals surface area contributed by atoms with Gasteiger partial charge in [-0.05, 0) is 53.8 Å². The molecule has 0 aliphatic carbocycles. The highest BCUT2D eigenvalue weighted by atomic mass is 79.9. The molecule has 0 aromatic heterocycles. The minimum atomic E-state index is -0.427. The van der Waals surface area contributed by atoms with Crippen LogP contribution in [0.2, 0.25) is 0 Å². The van der Waals surface area contributed by atoms with E-state index in [0.717, 1.165) is 14.5 Å². The van der Waals surface area contributed by atoms with Crippen molar-refractivity contribution in [3.05, 3.63) is 56.5 Å². The Bertz CT molecular complexity index is 755. The van der Waals surface area contributed by atoms with Crippen LogP contribution in [0, 0.1) is 5.92 Å². The second-order valence-corrected chi connectivity index (χ2v) is 8.40. The molecular weight excluding hydrogens is 448 g/mol. The van der Waals surface area contributed by atoms with Crippen molar-refractivity contribution in [3.8, 4) is 11.5 Å². The van der Waals surface area contributed by atoms with Gasteiger partial charge < -0.3 is 9.47 Å². The number of rotatable bonds is 6. The molecule has 0 spiro atoms. The van der Waals surface area contributed by atoms with Crippen molar-refractivity contribution in [3.63, 3.8) is 0 Å². The Labute approximate surface area is 166 Å². The molecule has 0 saturated heterocycles. The molecule has 2 aromatic carbocycles. The van der Waals surface area contributed by atoms with Gasteiger partial charge in [0.15, 0.2) is 0 Å². The minimum Gasteiger partial charge on any atom is -0.492 e. The Morgan fingerprint density at radius 2 is 1.56 bits per heavy atom. The van der Waals surface area contributed by atoms with Crippen LogP contribution in [-0.4, -0.2) is 12.6 Å². The highest BCUT2D eigenvalue weighted by molar-refractivity contribution is 9.10. The summed E-state index contributed by atoms with van der Waals surface area (Å²) in [5, 5.41) is 0. The van der Waals surface area contributed by atoms with Gasteiger partial charge in [-0.3, -0.25) is 0 Å². The maximum atomic E-state index is 12.8. The highest BCUT2D eigenvalue weighted by Gasteiger charge is 2.19. The molecule has 2 aromatic rings. The molecule has 0 heterocycles. The fraction of sp³-hybridized carbons (Fsp3) is 0.350. The Morgan fingerprint density at radius 3 is 2.16 bits per heavy atom. The second kappa shape index (κ2) is 8.86. The van der Waals surface area contributed by atoms with Crippen LogP contribution in [0.3, 0.4) is 0 Å². The lowest BCUT2D eigenvalue weighted by atomic mass is 10.0. The van der Waals surface area contributed by atoms with E-state index < -0.39 is 5.97 Å². The van der Waals surface area contributed by atoms with Crippen molar-refractivity contribution >= 4 is 37.8 Å². The monoisotopic (exact) mass is 468 g/mol. The van der Waals surface area contributed by atoms with Gasteiger partial charge in [0.05, 0.1) is 6.61 Å². The molecular formula is C20H22Br2O3. The number of hydrogen-bond acceptors (Lipinski definition) is 3. The van der Waals surface area contributed by atoms with Gasteiger partial charge in [-0.2, -0.15) is 0 Å².